The van der Waals surface area contributed by atoms with Crippen LogP contribution in [-0.4, -0.2) is 49.9 Å². The first-order chi connectivity index (χ1) is 20.6. The van der Waals surface area contributed by atoms with Crippen molar-refractivity contribution < 1.29 is 14.6 Å². The van der Waals surface area contributed by atoms with E-state index in [1.807, 2.05) is 24.3 Å². The van der Waals surface area contributed by atoms with Crippen LogP contribution in [0, 0.1) is 12.8 Å². The van der Waals surface area contributed by atoms with Crippen molar-refractivity contribution in [3.05, 3.63) is 83.4 Å². The molecule has 0 saturated carbocycles. The first-order valence-electron chi connectivity index (χ1n) is 15.6. The standard InChI is InChI=1S/C25H36N2O2.C10H12O.C2H2/c1-3-27(23-10-9-11-25(20-23)28-2)21-22-12-14-24(15-13-22)29-19-18-26-16-7-5-4-6-8-17-26;11-10-6-5-8-3-1-2-4-9(8)7-10;1-2/h9-15,20H,3-8,16-19,21H2,1-2H3;5-7,11H,1-4H2;1-2H. The van der Waals surface area contributed by atoms with E-state index in [4.69, 9.17) is 9.47 Å². The van der Waals surface area contributed by atoms with Crippen LogP contribution in [0.2, 0.25) is 0 Å². The molecule has 3 aromatic rings. The highest BCUT2D eigenvalue weighted by atomic mass is 16.5. The first-order valence-corrected chi connectivity index (χ1v) is 15.6. The van der Waals surface area contributed by atoms with Crippen LogP contribution in [0.5, 0.6) is 17.2 Å². The summed E-state index contributed by atoms with van der Waals surface area (Å²) < 4.78 is 11.4. The lowest BCUT2D eigenvalue weighted by atomic mass is 9.92. The molecule has 5 rings (SSSR count). The minimum absolute atomic E-state index is 0.408. The van der Waals surface area contributed by atoms with Crippen molar-refractivity contribution in [2.24, 2.45) is 0 Å². The Morgan fingerprint density at radius 2 is 1.48 bits per heavy atom. The molecule has 1 fully saturated rings. The molecule has 42 heavy (non-hydrogen) atoms. The normalized spacial score (nSPS) is 14.9. The van der Waals surface area contributed by atoms with Gasteiger partial charge < -0.3 is 19.5 Å². The summed E-state index contributed by atoms with van der Waals surface area (Å²) in [6, 6.07) is 22.5. The molecule has 226 valence electrons. The monoisotopic (exact) mass is 570 g/mol. The number of phenolic OH excluding ortho intramolecular Hbond substituents is 1. The van der Waals surface area contributed by atoms with Gasteiger partial charge in [0.1, 0.15) is 23.9 Å². The van der Waals surface area contributed by atoms with E-state index in [0.29, 0.717) is 5.75 Å². The summed E-state index contributed by atoms with van der Waals surface area (Å²) in [4.78, 5) is 4.90. The number of benzene rings is 3. The van der Waals surface area contributed by atoms with Gasteiger partial charge in [0.25, 0.3) is 0 Å². The largest absolute Gasteiger partial charge is 0.508 e. The van der Waals surface area contributed by atoms with Gasteiger partial charge in [-0.2, -0.15) is 0 Å². The Balaban J connectivity index is 0.000000308. The fourth-order valence-electron chi connectivity index (χ4n) is 5.65. The summed E-state index contributed by atoms with van der Waals surface area (Å²) in [5.74, 6) is 2.26. The van der Waals surface area contributed by atoms with Gasteiger partial charge in [0, 0.05) is 31.4 Å². The van der Waals surface area contributed by atoms with Crippen molar-refractivity contribution >= 4 is 5.69 Å². The summed E-state index contributed by atoms with van der Waals surface area (Å²) in [5.41, 5.74) is 5.23. The molecule has 0 radical (unpaired) electrons. The summed E-state index contributed by atoms with van der Waals surface area (Å²) >= 11 is 0. The molecule has 0 atom stereocenters. The molecule has 1 aliphatic heterocycles. The van der Waals surface area contributed by atoms with Crippen LogP contribution >= 0.6 is 0 Å². The Kier molecular flexibility index (Phi) is 14.7. The van der Waals surface area contributed by atoms with Gasteiger partial charge in [-0.3, -0.25) is 4.90 Å². The molecule has 1 heterocycles. The van der Waals surface area contributed by atoms with Crippen molar-refractivity contribution in [2.75, 3.05) is 44.8 Å². The van der Waals surface area contributed by atoms with E-state index in [-0.39, 0.29) is 0 Å². The number of methoxy groups -OCH3 is 1. The summed E-state index contributed by atoms with van der Waals surface area (Å²) in [7, 11) is 1.71. The van der Waals surface area contributed by atoms with E-state index in [9.17, 15) is 5.11 Å². The highest BCUT2D eigenvalue weighted by molar-refractivity contribution is 5.51. The van der Waals surface area contributed by atoms with E-state index in [2.05, 4.69) is 66.0 Å². The molecular formula is C37H50N2O3. The van der Waals surface area contributed by atoms with Gasteiger partial charge in [0.05, 0.1) is 7.11 Å². The molecule has 5 heteroatoms. The van der Waals surface area contributed by atoms with Crippen LogP contribution in [0.4, 0.5) is 5.69 Å². The van der Waals surface area contributed by atoms with E-state index >= 15 is 0 Å². The fourth-order valence-corrected chi connectivity index (χ4v) is 5.65. The van der Waals surface area contributed by atoms with Crippen molar-refractivity contribution in [1.82, 2.24) is 4.90 Å². The Morgan fingerprint density at radius 3 is 2.17 bits per heavy atom. The highest BCUT2D eigenvalue weighted by Gasteiger charge is 2.10. The zero-order chi connectivity index (χ0) is 30.0. The zero-order valence-electron chi connectivity index (χ0n) is 25.8. The van der Waals surface area contributed by atoms with Gasteiger partial charge in [0.15, 0.2) is 0 Å². The predicted octanol–water partition coefficient (Wildman–Crippen LogP) is 7.89. The second kappa shape index (κ2) is 18.7. The second-order valence-corrected chi connectivity index (χ2v) is 11.0. The third-order valence-electron chi connectivity index (χ3n) is 8.05. The molecule has 5 nitrogen and oxygen atoms in total. The number of likely N-dealkylation sites (tertiary alicyclic amines) is 1. The molecular weight excluding hydrogens is 520 g/mol. The van der Waals surface area contributed by atoms with E-state index < -0.39 is 0 Å². The fraction of sp³-hybridized carbons (Fsp3) is 0.459. The molecule has 3 aromatic carbocycles. The van der Waals surface area contributed by atoms with Gasteiger partial charge >= 0.3 is 0 Å². The van der Waals surface area contributed by atoms with Crippen LogP contribution < -0.4 is 14.4 Å². The van der Waals surface area contributed by atoms with Crippen LogP contribution in [-0.2, 0) is 19.4 Å². The maximum atomic E-state index is 9.19. The SMILES string of the molecule is C#C.CCN(Cc1ccc(OCCN2CCCCCCC2)cc1)c1cccc(OC)c1.Oc1ccc2c(c1)CCCC2. The summed E-state index contributed by atoms with van der Waals surface area (Å²) in [6.07, 6.45) is 19.7. The molecule has 1 N–H and O–H groups in total. The van der Waals surface area contributed by atoms with Crippen LogP contribution in [0.25, 0.3) is 0 Å². The molecule has 0 amide bonds. The Labute approximate surface area is 254 Å². The number of terminal acetylenes is 1. The highest BCUT2D eigenvalue weighted by Crippen LogP contribution is 2.25. The van der Waals surface area contributed by atoms with Gasteiger partial charge in [-0.05, 0) is 112 Å². The Hall–Kier alpha value is -3.62. The molecule has 1 aliphatic carbocycles. The molecule has 0 bridgehead atoms. The molecule has 1 saturated heterocycles. The van der Waals surface area contributed by atoms with E-state index in [1.54, 1.807) is 13.2 Å². The third-order valence-corrected chi connectivity index (χ3v) is 8.05. The smallest absolute Gasteiger partial charge is 0.120 e. The number of ether oxygens (including phenoxy) is 2. The Morgan fingerprint density at radius 1 is 0.786 bits per heavy atom. The van der Waals surface area contributed by atoms with E-state index in [0.717, 1.165) is 44.2 Å². The molecule has 0 aromatic heterocycles. The number of anilines is 1. The minimum atomic E-state index is 0.408. The average Bonchev–Trinajstić information content (AvgIpc) is 3.02. The number of rotatable bonds is 9. The van der Waals surface area contributed by atoms with Crippen molar-refractivity contribution in [2.45, 2.75) is 71.3 Å². The van der Waals surface area contributed by atoms with E-state index in [1.165, 1.54) is 86.8 Å². The third kappa shape index (κ3) is 11.0. The number of fused-ring (bicyclic) bond motifs is 1. The number of hydrogen-bond donors (Lipinski definition) is 1. The van der Waals surface area contributed by atoms with Crippen molar-refractivity contribution in [3.63, 3.8) is 0 Å². The average molecular weight is 571 g/mol. The van der Waals surface area contributed by atoms with Gasteiger partial charge in [-0.1, -0.05) is 43.5 Å². The number of nitrogens with zero attached hydrogens (tertiary/aromatic N) is 2. The maximum Gasteiger partial charge on any atom is 0.120 e. The minimum Gasteiger partial charge on any atom is -0.508 e. The van der Waals surface area contributed by atoms with Crippen LogP contribution in [0.3, 0.4) is 0 Å². The van der Waals surface area contributed by atoms with Crippen LogP contribution in [0.1, 0.15) is 68.6 Å². The second-order valence-electron chi connectivity index (χ2n) is 11.0. The molecule has 0 unspecified atom stereocenters. The zero-order valence-corrected chi connectivity index (χ0v) is 25.8. The van der Waals surface area contributed by atoms with Crippen molar-refractivity contribution in [1.29, 1.82) is 0 Å². The number of phenols is 1. The quantitative estimate of drug-likeness (QED) is 0.265. The van der Waals surface area contributed by atoms with Gasteiger partial charge in [-0.25, -0.2) is 0 Å². The maximum absolute atomic E-state index is 9.19. The number of aryl methyl sites for hydroxylation is 2. The lowest BCUT2D eigenvalue weighted by molar-refractivity contribution is 0.195. The van der Waals surface area contributed by atoms with Crippen molar-refractivity contribution in [3.8, 4) is 30.1 Å². The molecule has 2 aliphatic rings. The predicted molar refractivity (Wildman–Crippen MR) is 176 cm³/mol. The van der Waals surface area contributed by atoms with Gasteiger partial charge in [-0.15, -0.1) is 12.8 Å². The Bertz CT molecular complexity index is 1180. The molecule has 0 spiro atoms. The lowest BCUT2D eigenvalue weighted by Gasteiger charge is -2.24. The summed E-state index contributed by atoms with van der Waals surface area (Å²) in [5, 5.41) is 9.19. The topological polar surface area (TPSA) is 45.2 Å². The first kappa shape index (κ1) is 32.9. The van der Waals surface area contributed by atoms with Crippen LogP contribution in [0.15, 0.2) is 66.7 Å². The number of aromatic hydroxyl groups is 1. The lowest BCUT2D eigenvalue weighted by Crippen LogP contribution is -2.31. The van der Waals surface area contributed by atoms with Gasteiger partial charge in [0.2, 0.25) is 0 Å². The summed E-state index contributed by atoms with van der Waals surface area (Å²) in [6.45, 7) is 8.24. The number of hydrogen-bond acceptors (Lipinski definition) is 5.